The summed E-state index contributed by atoms with van der Waals surface area (Å²) in [7, 11) is 0. The van der Waals surface area contributed by atoms with Gasteiger partial charge in [0, 0.05) is 17.8 Å². The van der Waals surface area contributed by atoms with Crippen molar-refractivity contribution in [3.8, 4) is 11.3 Å². The highest BCUT2D eigenvalue weighted by Crippen LogP contribution is 2.23. The highest BCUT2D eigenvalue weighted by atomic mass is 16.3. The van der Waals surface area contributed by atoms with E-state index in [2.05, 4.69) is 43.2 Å². The van der Waals surface area contributed by atoms with Crippen molar-refractivity contribution in [3.05, 3.63) is 36.9 Å². The molecule has 90 valence electrons. The average molecular weight is 230 g/mol. The first kappa shape index (κ1) is 11.7. The Hall–Kier alpha value is -1.77. The van der Waals surface area contributed by atoms with Crippen LogP contribution < -0.4 is 5.32 Å². The summed E-state index contributed by atoms with van der Waals surface area (Å²) in [5.41, 5.74) is 2.41. The van der Waals surface area contributed by atoms with Gasteiger partial charge >= 0.3 is 0 Å². The number of aromatic nitrogens is 1. The zero-order valence-electron chi connectivity index (χ0n) is 10.5. The van der Waals surface area contributed by atoms with Crippen LogP contribution in [0.3, 0.4) is 0 Å². The molecule has 0 saturated carbocycles. The summed E-state index contributed by atoms with van der Waals surface area (Å²) in [6.07, 6.45) is 3.17. The van der Waals surface area contributed by atoms with Crippen molar-refractivity contribution in [3.63, 3.8) is 0 Å². The summed E-state index contributed by atoms with van der Waals surface area (Å²) in [6, 6.07) is 8.17. The second-order valence-electron chi connectivity index (χ2n) is 5.36. The lowest BCUT2D eigenvalue weighted by molar-refractivity contribution is 0.443. The van der Waals surface area contributed by atoms with E-state index in [1.54, 1.807) is 6.20 Å². The van der Waals surface area contributed by atoms with Gasteiger partial charge in [-0.3, -0.25) is 0 Å². The van der Waals surface area contributed by atoms with Gasteiger partial charge in [0.25, 0.3) is 0 Å². The normalized spacial score (nSPS) is 11.5. The number of benzene rings is 1. The maximum Gasteiger partial charge on any atom is 0.181 e. The molecule has 1 N–H and O–H groups in total. The topological polar surface area (TPSA) is 38.1 Å². The van der Waals surface area contributed by atoms with E-state index < -0.39 is 0 Å². The fraction of sp³-hybridized carbons (Fsp3) is 0.357. The average Bonchev–Trinajstić information content (AvgIpc) is 2.79. The lowest BCUT2D eigenvalue weighted by Gasteiger charge is -2.19. The van der Waals surface area contributed by atoms with Crippen molar-refractivity contribution >= 4 is 5.69 Å². The highest BCUT2D eigenvalue weighted by Gasteiger charge is 2.09. The van der Waals surface area contributed by atoms with Crippen LogP contribution in [-0.4, -0.2) is 11.5 Å². The molecule has 0 spiro atoms. The van der Waals surface area contributed by atoms with E-state index in [4.69, 9.17) is 4.42 Å². The largest absolute Gasteiger partial charge is 0.444 e. The van der Waals surface area contributed by atoms with Gasteiger partial charge in [0.1, 0.15) is 0 Å². The van der Waals surface area contributed by atoms with Gasteiger partial charge in [0.05, 0.1) is 6.20 Å². The SMILES string of the molecule is CC(C)(C)CNc1cccc(-c2cnco2)c1. The van der Waals surface area contributed by atoms with Crippen LogP contribution in [0.25, 0.3) is 11.3 Å². The first-order valence-electron chi connectivity index (χ1n) is 5.77. The second kappa shape index (κ2) is 4.62. The maximum absolute atomic E-state index is 5.28. The maximum atomic E-state index is 5.28. The van der Waals surface area contributed by atoms with E-state index in [0.29, 0.717) is 0 Å². The Morgan fingerprint density at radius 3 is 2.76 bits per heavy atom. The van der Waals surface area contributed by atoms with Gasteiger partial charge < -0.3 is 9.73 Å². The number of oxazole rings is 1. The third kappa shape index (κ3) is 3.34. The molecule has 2 rings (SSSR count). The molecule has 17 heavy (non-hydrogen) atoms. The molecule has 0 bridgehead atoms. The van der Waals surface area contributed by atoms with Crippen molar-refractivity contribution < 1.29 is 4.42 Å². The molecule has 3 nitrogen and oxygen atoms in total. The lowest BCUT2D eigenvalue weighted by atomic mass is 9.97. The van der Waals surface area contributed by atoms with E-state index in [0.717, 1.165) is 23.6 Å². The summed E-state index contributed by atoms with van der Waals surface area (Å²) in [4.78, 5) is 3.93. The van der Waals surface area contributed by atoms with Crippen molar-refractivity contribution in [2.75, 3.05) is 11.9 Å². The van der Waals surface area contributed by atoms with Gasteiger partial charge in [0.2, 0.25) is 0 Å². The molecule has 0 amide bonds. The van der Waals surface area contributed by atoms with Crippen molar-refractivity contribution in [1.82, 2.24) is 4.98 Å². The van der Waals surface area contributed by atoms with Crippen LogP contribution in [0, 0.1) is 5.41 Å². The summed E-state index contributed by atoms with van der Waals surface area (Å²) >= 11 is 0. The number of nitrogens with one attached hydrogen (secondary N) is 1. The monoisotopic (exact) mass is 230 g/mol. The van der Waals surface area contributed by atoms with E-state index in [1.165, 1.54) is 6.39 Å². The van der Waals surface area contributed by atoms with Crippen LogP contribution in [0.4, 0.5) is 5.69 Å². The molecule has 0 aliphatic heterocycles. The highest BCUT2D eigenvalue weighted by molar-refractivity contribution is 5.63. The minimum Gasteiger partial charge on any atom is -0.444 e. The van der Waals surface area contributed by atoms with Crippen LogP contribution in [0.15, 0.2) is 41.3 Å². The Bertz CT molecular complexity index is 469. The van der Waals surface area contributed by atoms with Crippen LogP contribution in [0.5, 0.6) is 0 Å². The van der Waals surface area contributed by atoms with Crippen molar-refractivity contribution in [2.45, 2.75) is 20.8 Å². The molecule has 0 fully saturated rings. The summed E-state index contributed by atoms with van der Waals surface area (Å²) in [6.45, 7) is 7.56. The number of hydrogen-bond donors (Lipinski definition) is 1. The molecule has 0 radical (unpaired) electrons. The molecule has 2 aromatic rings. The standard InChI is InChI=1S/C14H18N2O/c1-14(2,3)9-16-12-6-4-5-11(7-12)13-8-15-10-17-13/h4-8,10,16H,9H2,1-3H3. The van der Waals surface area contributed by atoms with Gasteiger partial charge in [-0.1, -0.05) is 32.9 Å². The third-order valence-electron chi connectivity index (χ3n) is 2.40. The van der Waals surface area contributed by atoms with Crippen molar-refractivity contribution in [1.29, 1.82) is 0 Å². The number of hydrogen-bond acceptors (Lipinski definition) is 3. The Morgan fingerprint density at radius 1 is 1.29 bits per heavy atom. The third-order valence-corrected chi connectivity index (χ3v) is 2.40. The predicted molar refractivity (Wildman–Crippen MR) is 69.9 cm³/mol. The minimum absolute atomic E-state index is 0.266. The first-order valence-corrected chi connectivity index (χ1v) is 5.77. The summed E-state index contributed by atoms with van der Waals surface area (Å²) in [5, 5.41) is 3.42. The molecule has 0 aliphatic rings. The fourth-order valence-electron chi connectivity index (χ4n) is 1.51. The predicted octanol–water partition coefficient (Wildman–Crippen LogP) is 3.80. The molecule has 1 aromatic carbocycles. The molecule has 1 heterocycles. The molecular formula is C14H18N2O. The van der Waals surface area contributed by atoms with Gasteiger partial charge in [0.15, 0.2) is 12.2 Å². The van der Waals surface area contributed by atoms with Crippen molar-refractivity contribution in [2.24, 2.45) is 5.41 Å². The Labute approximate surface area is 102 Å². The van der Waals surface area contributed by atoms with Crippen LogP contribution in [0.1, 0.15) is 20.8 Å². The Kier molecular flexibility index (Phi) is 3.18. The smallest absolute Gasteiger partial charge is 0.181 e. The zero-order chi connectivity index (χ0) is 12.3. The van der Waals surface area contributed by atoms with Gasteiger partial charge in [-0.25, -0.2) is 4.98 Å². The Balaban J connectivity index is 2.12. The molecule has 0 atom stereocenters. The van der Waals surface area contributed by atoms with E-state index >= 15 is 0 Å². The van der Waals surface area contributed by atoms with Crippen LogP contribution >= 0.6 is 0 Å². The van der Waals surface area contributed by atoms with E-state index in [-0.39, 0.29) is 5.41 Å². The lowest BCUT2D eigenvalue weighted by Crippen LogP contribution is -2.18. The number of nitrogens with zero attached hydrogens (tertiary/aromatic N) is 1. The quantitative estimate of drug-likeness (QED) is 0.871. The first-order chi connectivity index (χ1) is 8.04. The zero-order valence-corrected chi connectivity index (χ0v) is 10.5. The molecule has 0 unspecified atom stereocenters. The van der Waals surface area contributed by atoms with Crippen LogP contribution in [-0.2, 0) is 0 Å². The Morgan fingerprint density at radius 2 is 2.12 bits per heavy atom. The molecular weight excluding hydrogens is 212 g/mol. The van der Waals surface area contributed by atoms with Gasteiger partial charge in [-0.15, -0.1) is 0 Å². The molecule has 0 saturated heterocycles. The van der Waals surface area contributed by atoms with Crippen LogP contribution in [0.2, 0.25) is 0 Å². The van der Waals surface area contributed by atoms with E-state index in [1.807, 2.05) is 12.1 Å². The minimum atomic E-state index is 0.266. The van der Waals surface area contributed by atoms with E-state index in [9.17, 15) is 0 Å². The summed E-state index contributed by atoms with van der Waals surface area (Å²) < 4.78 is 5.28. The molecule has 3 heteroatoms. The number of rotatable bonds is 3. The fourth-order valence-corrected chi connectivity index (χ4v) is 1.51. The van der Waals surface area contributed by atoms with Gasteiger partial charge in [-0.2, -0.15) is 0 Å². The summed E-state index contributed by atoms with van der Waals surface area (Å²) in [5.74, 6) is 0.796. The molecule has 1 aromatic heterocycles. The molecule has 0 aliphatic carbocycles. The van der Waals surface area contributed by atoms with Gasteiger partial charge in [-0.05, 0) is 17.5 Å². The number of anilines is 1. The second-order valence-corrected chi connectivity index (χ2v) is 5.36.